The lowest BCUT2D eigenvalue weighted by Crippen LogP contribution is -2.37. The lowest BCUT2D eigenvalue weighted by molar-refractivity contribution is 0.0950. The van der Waals surface area contributed by atoms with Crippen molar-refractivity contribution >= 4 is 24.0 Å². The van der Waals surface area contributed by atoms with Gasteiger partial charge in [-0.2, -0.15) is 10.1 Å². The third-order valence-electron chi connectivity index (χ3n) is 4.35. The minimum absolute atomic E-state index is 0. The summed E-state index contributed by atoms with van der Waals surface area (Å²) in [5.41, 5.74) is 6.24. The van der Waals surface area contributed by atoms with Gasteiger partial charge in [0.25, 0.3) is 17.3 Å². The van der Waals surface area contributed by atoms with Gasteiger partial charge in [0.1, 0.15) is 6.54 Å². The van der Waals surface area contributed by atoms with Gasteiger partial charge < -0.3 is 20.5 Å². The molecule has 1 aliphatic heterocycles. The monoisotopic (exact) mass is 383 g/mol. The minimum Gasteiger partial charge on any atom is -0.370 e. The molecule has 1 saturated heterocycles. The molecule has 0 spiro atoms. The van der Waals surface area contributed by atoms with E-state index in [1.165, 1.54) is 11.7 Å². The van der Waals surface area contributed by atoms with Gasteiger partial charge in [0, 0.05) is 26.2 Å². The molecule has 2 aromatic heterocycles. The normalized spacial score (nSPS) is 14.8. The Morgan fingerprint density at radius 2 is 2.15 bits per heavy atom. The molecule has 1 aliphatic rings. The Morgan fingerprint density at radius 1 is 1.42 bits per heavy atom. The number of nitrogens with one attached hydrogen (secondary N) is 1. The Labute approximate surface area is 156 Å². The van der Waals surface area contributed by atoms with Crippen LogP contribution in [0.3, 0.4) is 0 Å². The van der Waals surface area contributed by atoms with Crippen molar-refractivity contribution in [2.45, 2.75) is 19.4 Å². The number of hydrogen-bond donors (Lipinski definition) is 2. The lowest BCUT2D eigenvalue weighted by Gasteiger charge is -2.32. The number of carbonyl (C=O) groups excluding carboxylic acids is 1. The number of amides is 1. The van der Waals surface area contributed by atoms with Crippen molar-refractivity contribution in [2.24, 2.45) is 11.7 Å². The highest BCUT2D eigenvalue weighted by Gasteiger charge is 2.19. The number of hydrogen-bond acceptors (Lipinski definition) is 8. The average molecular weight is 384 g/mol. The molecule has 0 atom stereocenters. The summed E-state index contributed by atoms with van der Waals surface area (Å²) in [4.78, 5) is 29.8. The summed E-state index contributed by atoms with van der Waals surface area (Å²) in [5.74, 6) is 0.165. The van der Waals surface area contributed by atoms with E-state index < -0.39 is 5.91 Å². The largest absolute Gasteiger partial charge is 0.370 e. The fourth-order valence-electron chi connectivity index (χ4n) is 2.79. The van der Waals surface area contributed by atoms with E-state index in [4.69, 9.17) is 10.3 Å². The van der Waals surface area contributed by atoms with Crippen molar-refractivity contribution in [3.8, 4) is 0 Å². The Balaban J connectivity index is 0.00000243. The third kappa shape index (κ3) is 4.38. The zero-order valence-electron chi connectivity index (χ0n) is 14.4. The summed E-state index contributed by atoms with van der Waals surface area (Å²) >= 11 is 0. The first-order chi connectivity index (χ1) is 12.1. The quantitative estimate of drug-likeness (QED) is 0.714. The van der Waals surface area contributed by atoms with Crippen LogP contribution >= 0.6 is 12.4 Å². The van der Waals surface area contributed by atoms with Crippen molar-refractivity contribution in [1.29, 1.82) is 0 Å². The van der Waals surface area contributed by atoms with Crippen LogP contribution in [0.25, 0.3) is 0 Å². The van der Waals surface area contributed by atoms with Crippen LogP contribution in [0, 0.1) is 5.92 Å². The molecular weight excluding hydrogens is 362 g/mol. The number of piperidine rings is 1. The molecule has 0 aromatic carbocycles. The Kier molecular flexibility index (Phi) is 6.70. The molecule has 0 unspecified atom stereocenters. The summed E-state index contributed by atoms with van der Waals surface area (Å²) in [6.07, 6.45) is 3.69. The van der Waals surface area contributed by atoms with Gasteiger partial charge in [-0.3, -0.25) is 9.59 Å². The van der Waals surface area contributed by atoms with E-state index in [1.807, 2.05) is 0 Å². The van der Waals surface area contributed by atoms with E-state index in [2.05, 4.69) is 25.5 Å². The van der Waals surface area contributed by atoms with Gasteiger partial charge in [-0.05, 0) is 25.3 Å². The molecular formula is C15H22ClN7O3. The van der Waals surface area contributed by atoms with Crippen molar-refractivity contribution in [3.05, 3.63) is 34.3 Å². The smallest absolute Gasteiger partial charge is 0.292 e. The SMILES string of the molecule is CNC(=O)c1noc(Cn2ncc(N3CCC(CN)CC3)cc2=O)n1.Cl. The van der Waals surface area contributed by atoms with Gasteiger partial charge in [0.2, 0.25) is 5.89 Å². The van der Waals surface area contributed by atoms with E-state index in [1.54, 1.807) is 12.3 Å². The van der Waals surface area contributed by atoms with Crippen LogP contribution < -0.4 is 21.5 Å². The molecule has 1 amide bonds. The second-order valence-electron chi connectivity index (χ2n) is 5.97. The van der Waals surface area contributed by atoms with Gasteiger partial charge >= 0.3 is 0 Å². The second-order valence-corrected chi connectivity index (χ2v) is 5.97. The van der Waals surface area contributed by atoms with Crippen molar-refractivity contribution in [2.75, 3.05) is 31.6 Å². The van der Waals surface area contributed by atoms with Crippen LogP contribution in [0.15, 0.2) is 21.6 Å². The topological polar surface area (TPSA) is 132 Å². The molecule has 3 rings (SSSR count). The summed E-state index contributed by atoms with van der Waals surface area (Å²) in [5, 5.41) is 10.1. The summed E-state index contributed by atoms with van der Waals surface area (Å²) < 4.78 is 6.19. The molecule has 2 aromatic rings. The standard InChI is InChI=1S/C15H21N7O3.ClH/c1-17-15(24)14-19-12(25-20-14)9-22-13(23)6-11(8-18-22)21-4-2-10(7-16)3-5-21;/h6,8,10H,2-5,7,9,16H2,1H3,(H,17,24);1H. The van der Waals surface area contributed by atoms with E-state index in [0.717, 1.165) is 31.6 Å². The van der Waals surface area contributed by atoms with E-state index in [9.17, 15) is 9.59 Å². The third-order valence-corrected chi connectivity index (χ3v) is 4.35. The predicted octanol–water partition coefficient (Wildman–Crippen LogP) is -0.369. The lowest BCUT2D eigenvalue weighted by atomic mass is 9.97. The first-order valence-electron chi connectivity index (χ1n) is 8.17. The number of rotatable bonds is 5. The van der Waals surface area contributed by atoms with Crippen LogP contribution in [0.2, 0.25) is 0 Å². The van der Waals surface area contributed by atoms with E-state index in [0.29, 0.717) is 12.5 Å². The van der Waals surface area contributed by atoms with Crippen LogP contribution in [0.1, 0.15) is 29.4 Å². The summed E-state index contributed by atoms with van der Waals surface area (Å²) in [6.45, 7) is 2.45. The number of halogens is 1. The minimum atomic E-state index is -0.452. The van der Waals surface area contributed by atoms with Gasteiger partial charge in [0.05, 0.1) is 11.9 Å². The van der Waals surface area contributed by atoms with Gasteiger partial charge in [-0.1, -0.05) is 5.16 Å². The molecule has 0 aliphatic carbocycles. The molecule has 0 saturated carbocycles. The molecule has 1 fully saturated rings. The van der Waals surface area contributed by atoms with E-state index >= 15 is 0 Å². The maximum absolute atomic E-state index is 12.3. The first kappa shape index (κ1) is 19.9. The van der Waals surface area contributed by atoms with Crippen LogP contribution in [0.4, 0.5) is 5.69 Å². The van der Waals surface area contributed by atoms with Gasteiger partial charge in [-0.15, -0.1) is 12.4 Å². The number of anilines is 1. The number of carbonyl (C=O) groups is 1. The van der Waals surface area contributed by atoms with Crippen LogP contribution in [-0.2, 0) is 6.54 Å². The number of nitrogens with zero attached hydrogens (tertiary/aromatic N) is 5. The predicted molar refractivity (Wildman–Crippen MR) is 96.5 cm³/mol. The Bertz CT molecular complexity index is 799. The highest BCUT2D eigenvalue weighted by atomic mass is 35.5. The molecule has 3 heterocycles. The Morgan fingerprint density at radius 3 is 2.77 bits per heavy atom. The molecule has 3 N–H and O–H groups in total. The van der Waals surface area contributed by atoms with Crippen LogP contribution in [-0.4, -0.2) is 52.5 Å². The zero-order valence-corrected chi connectivity index (χ0v) is 15.2. The highest BCUT2D eigenvalue weighted by molar-refractivity contribution is 5.89. The van der Waals surface area contributed by atoms with E-state index in [-0.39, 0.29) is 36.2 Å². The van der Waals surface area contributed by atoms with Crippen molar-refractivity contribution < 1.29 is 9.32 Å². The fourth-order valence-corrected chi connectivity index (χ4v) is 2.79. The fraction of sp³-hybridized carbons (Fsp3) is 0.533. The first-order valence-corrected chi connectivity index (χ1v) is 8.17. The average Bonchev–Trinajstić information content (AvgIpc) is 3.11. The van der Waals surface area contributed by atoms with Crippen LogP contribution in [0.5, 0.6) is 0 Å². The zero-order chi connectivity index (χ0) is 17.8. The van der Waals surface area contributed by atoms with Gasteiger partial charge in [-0.25, -0.2) is 4.68 Å². The number of nitrogens with two attached hydrogens (primary N) is 1. The molecule has 11 heteroatoms. The maximum atomic E-state index is 12.3. The molecule has 0 radical (unpaired) electrons. The summed E-state index contributed by atoms with van der Waals surface area (Å²) in [7, 11) is 1.47. The van der Waals surface area contributed by atoms with Crippen molar-refractivity contribution in [1.82, 2.24) is 25.2 Å². The molecule has 10 nitrogen and oxygen atoms in total. The molecule has 26 heavy (non-hydrogen) atoms. The maximum Gasteiger partial charge on any atom is 0.292 e. The molecule has 0 bridgehead atoms. The highest BCUT2D eigenvalue weighted by Crippen LogP contribution is 2.20. The number of aromatic nitrogens is 4. The Hall–Kier alpha value is -2.46. The second kappa shape index (κ2) is 8.77. The summed E-state index contributed by atoms with van der Waals surface area (Å²) in [6, 6.07) is 1.55. The van der Waals surface area contributed by atoms with Crippen molar-refractivity contribution in [3.63, 3.8) is 0 Å². The van der Waals surface area contributed by atoms with Gasteiger partial charge in [0.15, 0.2) is 0 Å². The molecule has 142 valence electrons.